The minimum atomic E-state index is 0.0498. The Morgan fingerprint density at radius 1 is 1.04 bits per heavy atom. The first kappa shape index (κ1) is 15.7. The van der Waals surface area contributed by atoms with Gasteiger partial charge < -0.3 is 14.9 Å². The van der Waals surface area contributed by atoms with Crippen molar-refractivity contribution in [2.45, 2.75) is 13.0 Å². The molecule has 0 aliphatic carbocycles. The summed E-state index contributed by atoms with van der Waals surface area (Å²) in [7, 11) is 1.79. The van der Waals surface area contributed by atoms with Gasteiger partial charge in [-0.3, -0.25) is 4.79 Å². The van der Waals surface area contributed by atoms with Crippen molar-refractivity contribution in [3.05, 3.63) is 82.4 Å². The lowest BCUT2D eigenvalue weighted by atomic mass is 10.0. The number of pyridine rings is 1. The molecule has 2 N–H and O–H groups in total. The molecule has 25 heavy (non-hydrogen) atoms. The van der Waals surface area contributed by atoms with E-state index in [1.807, 2.05) is 30.5 Å². The summed E-state index contributed by atoms with van der Waals surface area (Å²) in [6, 6.07) is 16.4. The third-order valence-electron chi connectivity index (χ3n) is 4.73. The second-order valence-corrected chi connectivity index (χ2v) is 6.41. The topological polar surface area (TPSA) is 49.8 Å². The van der Waals surface area contributed by atoms with E-state index in [1.54, 1.807) is 11.6 Å². The van der Waals surface area contributed by atoms with Gasteiger partial charge in [0.15, 0.2) is 0 Å². The summed E-state index contributed by atoms with van der Waals surface area (Å²) in [5.41, 5.74) is 3.66. The minimum Gasteiger partial charge on any atom is -0.361 e. The van der Waals surface area contributed by atoms with Crippen LogP contribution in [0.4, 0.5) is 0 Å². The van der Waals surface area contributed by atoms with E-state index < -0.39 is 0 Å². The maximum absolute atomic E-state index is 12.4. The molecule has 4 rings (SSSR count). The molecule has 2 heterocycles. The summed E-state index contributed by atoms with van der Waals surface area (Å²) in [6.45, 7) is 1.76. The first-order chi connectivity index (χ1) is 12.2. The van der Waals surface area contributed by atoms with Crippen LogP contribution in [0.1, 0.15) is 11.1 Å². The fourth-order valence-corrected chi connectivity index (χ4v) is 3.38. The molecule has 2 aromatic carbocycles. The van der Waals surface area contributed by atoms with E-state index in [4.69, 9.17) is 0 Å². The van der Waals surface area contributed by atoms with Crippen LogP contribution in [-0.4, -0.2) is 16.1 Å². The molecule has 0 amide bonds. The van der Waals surface area contributed by atoms with Gasteiger partial charge in [0.25, 0.3) is 5.56 Å². The van der Waals surface area contributed by atoms with E-state index in [-0.39, 0.29) is 5.56 Å². The average molecular weight is 331 g/mol. The predicted octanol–water partition coefficient (Wildman–Crippen LogP) is 3.35. The number of hydrogen-bond acceptors (Lipinski definition) is 2. The number of rotatable bonds is 5. The Kier molecular flexibility index (Phi) is 4.12. The highest BCUT2D eigenvalue weighted by atomic mass is 16.1. The molecule has 2 aromatic heterocycles. The van der Waals surface area contributed by atoms with Crippen LogP contribution < -0.4 is 10.9 Å². The number of aromatic amines is 1. The maximum atomic E-state index is 12.4. The Morgan fingerprint density at radius 3 is 2.72 bits per heavy atom. The van der Waals surface area contributed by atoms with Gasteiger partial charge in [-0.25, -0.2) is 0 Å². The van der Waals surface area contributed by atoms with E-state index in [0.29, 0.717) is 0 Å². The molecule has 4 aromatic rings. The zero-order chi connectivity index (χ0) is 17.2. The molecule has 0 unspecified atom stereocenters. The molecule has 0 atom stereocenters. The molecule has 0 radical (unpaired) electrons. The van der Waals surface area contributed by atoms with Gasteiger partial charge in [0, 0.05) is 42.3 Å². The van der Waals surface area contributed by atoms with Gasteiger partial charge in [0.1, 0.15) is 0 Å². The third kappa shape index (κ3) is 2.96. The molecule has 0 aliphatic rings. The smallest absolute Gasteiger partial charge is 0.258 e. The van der Waals surface area contributed by atoms with Crippen molar-refractivity contribution in [2.75, 3.05) is 6.54 Å². The van der Waals surface area contributed by atoms with Crippen LogP contribution in [0.5, 0.6) is 0 Å². The van der Waals surface area contributed by atoms with E-state index in [2.05, 4.69) is 40.8 Å². The maximum Gasteiger partial charge on any atom is 0.258 e. The van der Waals surface area contributed by atoms with E-state index in [0.717, 1.165) is 41.2 Å². The van der Waals surface area contributed by atoms with Crippen LogP contribution in [0.3, 0.4) is 0 Å². The summed E-state index contributed by atoms with van der Waals surface area (Å²) in [5.74, 6) is 0. The van der Waals surface area contributed by atoms with Gasteiger partial charge in [-0.05, 0) is 47.7 Å². The Labute approximate surface area is 146 Å². The second-order valence-electron chi connectivity index (χ2n) is 6.41. The summed E-state index contributed by atoms with van der Waals surface area (Å²) in [4.78, 5) is 15.7. The zero-order valence-corrected chi connectivity index (χ0v) is 14.3. The Hall–Kier alpha value is -2.85. The quantitative estimate of drug-likeness (QED) is 0.551. The van der Waals surface area contributed by atoms with Gasteiger partial charge in [0.2, 0.25) is 0 Å². The van der Waals surface area contributed by atoms with Gasteiger partial charge in [-0.1, -0.05) is 30.3 Å². The van der Waals surface area contributed by atoms with Gasteiger partial charge in [0.05, 0.1) is 0 Å². The van der Waals surface area contributed by atoms with E-state index in [9.17, 15) is 4.79 Å². The Balaban J connectivity index is 1.59. The SMILES string of the molecule is Cn1ccc2c(ccc3[nH]cc(CCNCc4ccccc4)c32)c1=O. The standard InChI is InChI=1S/C21H21N3O/c1-24-12-10-17-18(21(24)25)7-8-19-20(17)16(14-23-19)9-11-22-13-15-5-3-2-4-6-15/h2-8,10,12,14,22-23H,9,11,13H2,1H3. The number of benzene rings is 2. The number of hydrogen-bond donors (Lipinski definition) is 2. The van der Waals surface area contributed by atoms with Crippen molar-refractivity contribution in [2.24, 2.45) is 7.05 Å². The first-order valence-electron chi connectivity index (χ1n) is 8.57. The van der Waals surface area contributed by atoms with Crippen LogP contribution in [-0.2, 0) is 20.0 Å². The molecule has 4 nitrogen and oxygen atoms in total. The number of aromatic nitrogens is 2. The van der Waals surface area contributed by atoms with Gasteiger partial charge in [-0.15, -0.1) is 0 Å². The van der Waals surface area contributed by atoms with Crippen molar-refractivity contribution in [3.63, 3.8) is 0 Å². The van der Waals surface area contributed by atoms with E-state index in [1.165, 1.54) is 11.1 Å². The molecule has 4 heteroatoms. The number of nitrogens with one attached hydrogen (secondary N) is 2. The Bertz CT molecular complexity index is 1080. The molecular formula is C21H21N3O. The summed E-state index contributed by atoms with van der Waals surface area (Å²) < 4.78 is 1.63. The van der Waals surface area contributed by atoms with Crippen molar-refractivity contribution >= 4 is 21.7 Å². The van der Waals surface area contributed by atoms with Crippen LogP contribution >= 0.6 is 0 Å². The number of nitrogens with zero attached hydrogens (tertiary/aromatic N) is 1. The molecule has 0 saturated carbocycles. The molecule has 0 saturated heterocycles. The lowest BCUT2D eigenvalue weighted by Gasteiger charge is -2.07. The number of aryl methyl sites for hydroxylation is 1. The normalized spacial score (nSPS) is 11.4. The van der Waals surface area contributed by atoms with Crippen LogP contribution in [0.2, 0.25) is 0 Å². The first-order valence-corrected chi connectivity index (χ1v) is 8.57. The lowest BCUT2D eigenvalue weighted by Crippen LogP contribution is -2.17. The third-order valence-corrected chi connectivity index (χ3v) is 4.73. The summed E-state index contributed by atoms with van der Waals surface area (Å²) in [6.07, 6.45) is 4.82. The average Bonchev–Trinajstić information content (AvgIpc) is 3.06. The van der Waals surface area contributed by atoms with Crippen LogP contribution in [0.25, 0.3) is 21.7 Å². The Morgan fingerprint density at radius 2 is 1.88 bits per heavy atom. The summed E-state index contributed by atoms with van der Waals surface area (Å²) >= 11 is 0. The van der Waals surface area contributed by atoms with Gasteiger partial charge in [-0.2, -0.15) is 0 Å². The van der Waals surface area contributed by atoms with E-state index >= 15 is 0 Å². The van der Waals surface area contributed by atoms with Crippen molar-refractivity contribution in [1.29, 1.82) is 0 Å². The monoisotopic (exact) mass is 331 g/mol. The fraction of sp³-hybridized carbons (Fsp3) is 0.190. The van der Waals surface area contributed by atoms with Crippen LogP contribution in [0, 0.1) is 0 Å². The zero-order valence-electron chi connectivity index (χ0n) is 14.3. The highest BCUT2D eigenvalue weighted by molar-refractivity contribution is 6.07. The number of H-pyrrole nitrogens is 1. The highest BCUT2D eigenvalue weighted by Crippen LogP contribution is 2.26. The largest absolute Gasteiger partial charge is 0.361 e. The van der Waals surface area contributed by atoms with Gasteiger partial charge >= 0.3 is 0 Å². The lowest BCUT2D eigenvalue weighted by molar-refractivity contribution is 0.688. The molecule has 0 fully saturated rings. The molecule has 0 spiro atoms. The predicted molar refractivity (Wildman–Crippen MR) is 103 cm³/mol. The highest BCUT2D eigenvalue weighted by Gasteiger charge is 2.10. The second kappa shape index (κ2) is 6.57. The van der Waals surface area contributed by atoms with Crippen molar-refractivity contribution < 1.29 is 0 Å². The van der Waals surface area contributed by atoms with Crippen LogP contribution in [0.15, 0.2) is 65.7 Å². The molecular weight excluding hydrogens is 310 g/mol. The minimum absolute atomic E-state index is 0.0498. The van der Waals surface area contributed by atoms with Crippen molar-refractivity contribution in [1.82, 2.24) is 14.9 Å². The molecule has 0 bridgehead atoms. The fourth-order valence-electron chi connectivity index (χ4n) is 3.38. The number of fused-ring (bicyclic) bond motifs is 3. The molecule has 126 valence electrons. The molecule has 0 aliphatic heterocycles. The van der Waals surface area contributed by atoms with Crippen molar-refractivity contribution in [3.8, 4) is 0 Å². The summed E-state index contributed by atoms with van der Waals surface area (Å²) in [5, 5.41) is 6.46.